The van der Waals surface area contributed by atoms with Gasteiger partial charge in [0.05, 0.1) is 0 Å². The molecule has 0 saturated carbocycles. The molecular formula is C11H14IN. The van der Waals surface area contributed by atoms with Crippen LogP contribution >= 0.6 is 22.6 Å². The maximum atomic E-state index is 3.22. The lowest BCUT2D eigenvalue weighted by Crippen LogP contribution is -1.86. The van der Waals surface area contributed by atoms with Crippen molar-refractivity contribution < 1.29 is 0 Å². The third-order valence-corrected chi connectivity index (χ3v) is 2.39. The fraction of sp³-hybridized carbons (Fsp3) is 0.273. The second-order valence-electron chi connectivity index (χ2n) is 2.84. The third kappa shape index (κ3) is 4.31. The summed E-state index contributed by atoms with van der Waals surface area (Å²) in [6, 6.07) is 8.35. The number of halogens is 1. The molecule has 1 aromatic rings. The summed E-state index contributed by atoms with van der Waals surface area (Å²) in [6.07, 6.45) is 6.49. The number of hydrogen-bond donors (Lipinski definition) is 1. The first-order valence-corrected chi connectivity index (χ1v) is 5.58. The van der Waals surface area contributed by atoms with Crippen LogP contribution in [0, 0.1) is 3.57 Å². The number of allylic oxidation sites excluding steroid dienone is 1. The highest BCUT2D eigenvalue weighted by atomic mass is 127. The van der Waals surface area contributed by atoms with Crippen molar-refractivity contribution in [2.24, 2.45) is 0 Å². The highest BCUT2D eigenvalue weighted by Gasteiger charge is 1.87. The zero-order chi connectivity index (χ0) is 9.52. The van der Waals surface area contributed by atoms with E-state index < -0.39 is 0 Å². The molecule has 1 nitrogen and oxygen atoms in total. The Morgan fingerprint density at radius 3 is 2.62 bits per heavy atom. The molecule has 0 saturated heterocycles. The van der Waals surface area contributed by atoms with Gasteiger partial charge in [0.15, 0.2) is 0 Å². The first-order chi connectivity index (χ1) is 6.33. The molecule has 2 heteroatoms. The highest BCUT2D eigenvalue weighted by Crippen LogP contribution is 2.10. The average Bonchev–Trinajstić information content (AvgIpc) is 2.15. The summed E-state index contributed by atoms with van der Waals surface area (Å²) in [5, 5.41) is 3.22. The number of rotatable bonds is 4. The van der Waals surface area contributed by atoms with Crippen LogP contribution in [-0.4, -0.2) is 0 Å². The standard InChI is InChI=1S/C11H14IN/c1-2-3-4-9-13-11-7-5-10(12)6-8-11/h4-9,13H,2-3H2,1H3/b9-4+. The van der Waals surface area contributed by atoms with E-state index in [0.717, 1.165) is 12.1 Å². The van der Waals surface area contributed by atoms with Gasteiger partial charge >= 0.3 is 0 Å². The van der Waals surface area contributed by atoms with Gasteiger partial charge in [0.25, 0.3) is 0 Å². The molecule has 0 atom stereocenters. The highest BCUT2D eigenvalue weighted by molar-refractivity contribution is 14.1. The minimum absolute atomic E-state index is 1.14. The van der Waals surface area contributed by atoms with Crippen LogP contribution < -0.4 is 5.32 Å². The van der Waals surface area contributed by atoms with Crippen LogP contribution in [0.5, 0.6) is 0 Å². The first kappa shape index (κ1) is 10.6. The fourth-order valence-corrected chi connectivity index (χ4v) is 1.31. The fourth-order valence-electron chi connectivity index (χ4n) is 0.951. The summed E-state index contributed by atoms with van der Waals surface area (Å²) in [5.74, 6) is 0. The summed E-state index contributed by atoms with van der Waals surface area (Å²) in [6.45, 7) is 2.18. The van der Waals surface area contributed by atoms with Crippen LogP contribution in [0.2, 0.25) is 0 Å². The lowest BCUT2D eigenvalue weighted by molar-refractivity contribution is 0.957. The zero-order valence-corrected chi connectivity index (χ0v) is 9.91. The average molecular weight is 287 g/mol. The molecule has 0 aliphatic carbocycles. The van der Waals surface area contributed by atoms with E-state index in [1.165, 1.54) is 9.99 Å². The Morgan fingerprint density at radius 2 is 2.00 bits per heavy atom. The third-order valence-electron chi connectivity index (χ3n) is 1.67. The predicted octanol–water partition coefficient (Wildman–Crippen LogP) is 4.02. The molecule has 13 heavy (non-hydrogen) atoms. The molecule has 0 heterocycles. The molecule has 0 amide bonds. The molecule has 1 N–H and O–H groups in total. The van der Waals surface area contributed by atoms with Gasteiger partial charge in [-0.1, -0.05) is 19.4 Å². The lowest BCUT2D eigenvalue weighted by atomic mass is 10.3. The Hall–Kier alpha value is -0.510. The van der Waals surface area contributed by atoms with Gasteiger partial charge in [-0.3, -0.25) is 0 Å². The molecular weight excluding hydrogens is 273 g/mol. The summed E-state index contributed by atoms with van der Waals surface area (Å²) in [4.78, 5) is 0. The van der Waals surface area contributed by atoms with Crippen molar-refractivity contribution in [3.05, 3.63) is 40.1 Å². The molecule has 0 bridgehead atoms. The van der Waals surface area contributed by atoms with Crippen molar-refractivity contribution in [3.63, 3.8) is 0 Å². The maximum Gasteiger partial charge on any atom is 0.0380 e. The molecule has 0 spiro atoms. The van der Waals surface area contributed by atoms with Crippen LogP contribution in [0.25, 0.3) is 0 Å². The normalized spacial score (nSPS) is 10.6. The van der Waals surface area contributed by atoms with Crippen molar-refractivity contribution in [2.75, 3.05) is 5.32 Å². The van der Waals surface area contributed by atoms with E-state index in [1.807, 2.05) is 6.20 Å². The molecule has 0 aliphatic rings. The quantitative estimate of drug-likeness (QED) is 0.825. The minimum atomic E-state index is 1.14. The van der Waals surface area contributed by atoms with Gasteiger partial charge < -0.3 is 5.32 Å². The van der Waals surface area contributed by atoms with Crippen molar-refractivity contribution >= 4 is 28.3 Å². The number of unbranched alkanes of at least 4 members (excludes halogenated alkanes) is 1. The molecule has 1 rings (SSSR count). The largest absolute Gasteiger partial charge is 0.362 e. The Bertz CT molecular complexity index is 264. The van der Waals surface area contributed by atoms with Gasteiger partial charge in [-0.2, -0.15) is 0 Å². The van der Waals surface area contributed by atoms with Crippen molar-refractivity contribution in [1.29, 1.82) is 0 Å². The smallest absolute Gasteiger partial charge is 0.0380 e. The van der Waals surface area contributed by atoms with E-state index >= 15 is 0 Å². The molecule has 70 valence electrons. The van der Waals surface area contributed by atoms with E-state index in [4.69, 9.17) is 0 Å². The van der Waals surface area contributed by atoms with Gasteiger partial charge in [-0.15, -0.1) is 0 Å². The summed E-state index contributed by atoms with van der Waals surface area (Å²) >= 11 is 2.30. The van der Waals surface area contributed by atoms with Crippen LogP contribution in [0.1, 0.15) is 19.8 Å². The van der Waals surface area contributed by atoms with Gasteiger partial charge in [0.2, 0.25) is 0 Å². The number of benzene rings is 1. The Morgan fingerprint density at radius 1 is 1.31 bits per heavy atom. The summed E-state index contributed by atoms with van der Waals surface area (Å²) in [5.41, 5.74) is 1.15. The SMILES string of the molecule is CCC/C=C/Nc1ccc(I)cc1. The van der Waals surface area contributed by atoms with Gasteiger partial charge in [-0.05, 0) is 59.5 Å². The summed E-state index contributed by atoms with van der Waals surface area (Å²) < 4.78 is 1.26. The van der Waals surface area contributed by atoms with Gasteiger partial charge in [0.1, 0.15) is 0 Å². The second kappa shape index (κ2) is 6.02. The summed E-state index contributed by atoms with van der Waals surface area (Å²) in [7, 11) is 0. The van der Waals surface area contributed by atoms with Crippen LogP contribution in [-0.2, 0) is 0 Å². The molecule has 0 fully saturated rings. The van der Waals surface area contributed by atoms with E-state index in [2.05, 4.69) is 65.2 Å². The minimum Gasteiger partial charge on any atom is -0.362 e. The molecule has 0 radical (unpaired) electrons. The molecule has 0 unspecified atom stereocenters. The van der Waals surface area contributed by atoms with Gasteiger partial charge in [-0.25, -0.2) is 0 Å². The first-order valence-electron chi connectivity index (χ1n) is 4.50. The van der Waals surface area contributed by atoms with Crippen molar-refractivity contribution in [3.8, 4) is 0 Å². The number of anilines is 1. The molecule has 0 aromatic heterocycles. The topological polar surface area (TPSA) is 12.0 Å². The van der Waals surface area contributed by atoms with Crippen LogP contribution in [0.4, 0.5) is 5.69 Å². The van der Waals surface area contributed by atoms with E-state index in [-0.39, 0.29) is 0 Å². The Balaban J connectivity index is 2.41. The number of nitrogens with one attached hydrogen (secondary N) is 1. The second-order valence-corrected chi connectivity index (χ2v) is 4.09. The zero-order valence-electron chi connectivity index (χ0n) is 7.76. The number of hydrogen-bond acceptors (Lipinski definition) is 1. The van der Waals surface area contributed by atoms with Crippen molar-refractivity contribution in [1.82, 2.24) is 0 Å². The van der Waals surface area contributed by atoms with E-state index in [9.17, 15) is 0 Å². The lowest BCUT2D eigenvalue weighted by Gasteiger charge is -1.99. The van der Waals surface area contributed by atoms with E-state index in [0.29, 0.717) is 0 Å². The Kier molecular flexibility index (Phi) is 4.90. The Labute approximate surface area is 93.4 Å². The maximum absolute atomic E-state index is 3.22. The van der Waals surface area contributed by atoms with Crippen LogP contribution in [0.3, 0.4) is 0 Å². The van der Waals surface area contributed by atoms with Crippen LogP contribution in [0.15, 0.2) is 36.5 Å². The molecule has 0 aliphatic heterocycles. The van der Waals surface area contributed by atoms with E-state index in [1.54, 1.807) is 0 Å². The molecule has 1 aromatic carbocycles. The van der Waals surface area contributed by atoms with Crippen molar-refractivity contribution in [2.45, 2.75) is 19.8 Å². The monoisotopic (exact) mass is 287 g/mol. The van der Waals surface area contributed by atoms with Gasteiger partial charge in [0, 0.05) is 9.26 Å². The predicted molar refractivity (Wildman–Crippen MR) is 66.8 cm³/mol.